The molecule has 0 aromatic carbocycles. The molecule has 12 heavy (non-hydrogen) atoms. The van der Waals surface area contributed by atoms with Crippen LogP contribution >= 0.6 is 11.8 Å². The monoisotopic (exact) mass is 180 g/mol. The minimum atomic E-state index is 0.0696. The lowest BCUT2D eigenvalue weighted by Crippen LogP contribution is -2.24. The highest BCUT2D eigenvalue weighted by molar-refractivity contribution is 8.16. The molecule has 1 heterocycles. The first kappa shape index (κ1) is 7.61. The Balaban J connectivity index is 2.26. The molecule has 2 unspecified atom stereocenters. The molecular weight excluding hydrogens is 172 g/mol. The molecule has 2 N–H and O–H groups in total. The van der Waals surface area contributed by atoms with Crippen LogP contribution in [0.3, 0.4) is 0 Å². The number of nitrogens with zero attached hydrogens (tertiary/aromatic N) is 1. The van der Waals surface area contributed by atoms with E-state index in [2.05, 4.69) is 4.99 Å². The molecule has 0 radical (unpaired) electrons. The Hall–Kier alpha value is -1.03. The Morgan fingerprint density at radius 3 is 3.17 bits per heavy atom. The summed E-state index contributed by atoms with van der Waals surface area (Å²) in [6.07, 6.45) is 6.49. The summed E-state index contributed by atoms with van der Waals surface area (Å²) >= 11 is 1.44. The predicted octanol–water partition coefficient (Wildman–Crippen LogP) is 0.480. The lowest BCUT2D eigenvalue weighted by molar-refractivity contribution is -0.102. The first-order chi connectivity index (χ1) is 5.81. The number of allylic oxidation sites excluding steroid dienone is 2. The topological polar surface area (TPSA) is 55.4 Å². The number of carbonyl (C=O) groups excluding carboxylic acids is 1. The summed E-state index contributed by atoms with van der Waals surface area (Å²) in [5.74, 6) is 0. The Morgan fingerprint density at radius 2 is 2.50 bits per heavy atom. The minimum Gasteiger partial charge on any atom is -0.401 e. The lowest BCUT2D eigenvalue weighted by Gasteiger charge is -2.16. The van der Waals surface area contributed by atoms with Crippen molar-refractivity contribution in [1.29, 1.82) is 0 Å². The molecule has 0 fully saturated rings. The maximum absolute atomic E-state index is 10.4. The zero-order chi connectivity index (χ0) is 8.55. The molecule has 0 saturated carbocycles. The van der Waals surface area contributed by atoms with Crippen molar-refractivity contribution in [2.45, 2.75) is 11.3 Å². The maximum atomic E-state index is 10.4. The van der Waals surface area contributed by atoms with Gasteiger partial charge in [-0.2, -0.15) is 0 Å². The van der Waals surface area contributed by atoms with Crippen molar-refractivity contribution in [1.82, 2.24) is 0 Å². The summed E-state index contributed by atoms with van der Waals surface area (Å²) in [5, 5.41) is 0.697. The molecule has 1 aliphatic heterocycles. The number of carbonyl (C=O) groups is 1. The molecule has 0 spiro atoms. The SMILES string of the molecule is NC1=CC=CC2N=C(C=O)SC12. The van der Waals surface area contributed by atoms with Crippen molar-refractivity contribution >= 4 is 23.1 Å². The van der Waals surface area contributed by atoms with E-state index in [-0.39, 0.29) is 11.3 Å². The second kappa shape index (κ2) is 2.79. The van der Waals surface area contributed by atoms with Crippen LogP contribution in [0.25, 0.3) is 0 Å². The standard InChI is InChI=1S/C8H8N2OS/c9-5-2-1-3-6-8(5)12-7(4-11)10-6/h1-4,6,8H,9H2. The average molecular weight is 180 g/mol. The molecule has 0 aromatic rings. The molecule has 62 valence electrons. The van der Waals surface area contributed by atoms with Crippen molar-refractivity contribution in [2.75, 3.05) is 0 Å². The van der Waals surface area contributed by atoms with Crippen LogP contribution in [-0.2, 0) is 4.79 Å². The zero-order valence-electron chi connectivity index (χ0n) is 6.31. The average Bonchev–Trinajstić information content (AvgIpc) is 2.49. The first-order valence-electron chi connectivity index (χ1n) is 3.65. The van der Waals surface area contributed by atoms with Gasteiger partial charge in [-0.1, -0.05) is 23.9 Å². The zero-order valence-corrected chi connectivity index (χ0v) is 7.12. The number of rotatable bonds is 1. The molecule has 0 amide bonds. The van der Waals surface area contributed by atoms with Crippen molar-refractivity contribution in [3.05, 3.63) is 23.9 Å². The third-order valence-corrected chi connectivity index (χ3v) is 3.11. The molecular formula is C8H8N2OS. The lowest BCUT2D eigenvalue weighted by atomic mass is 10.1. The van der Waals surface area contributed by atoms with E-state index in [4.69, 9.17) is 5.73 Å². The van der Waals surface area contributed by atoms with Crippen molar-refractivity contribution < 1.29 is 4.79 Å². The van der Waals surface area contributed by atoms with Crippen molar-refractivity contribution in [3.8, 4) is 0 Å². The number of aliphatic imine (C=N–C) groups is 1. The summed E-state index contributed by atoms with van der Waals surface area (Å²) in [4.78, 5) is 14.6. The van der Waals surface area contributed by atoms with Crippen LogP contribution in [0.4, 0.5) is 0 Å². The Kier molecular flexibility index (Phi) is 1.77. The normalized spacial score (nSPS) is 32.3. The molecule has 0 aromatic heterocycles. The van der Waals surface area contributed by atoms with Gasteiger partial charge in [0.05, 0.1) is 11.3 Å². The van der Waals surface area contributed by atoms with Crippen LogP contribution in [-0.4, -0.2) is 22.6 Å². The van der Waals surface area contributed by atoms with Crippen LogP contribution < -0.4 is 5.73 Å². The first-order valence-corrected chi connectivity index (χ1v) is 4.53. The second-order valence-corrected chi connectivity index (χ2v) is 3.83. The van der Waals surface area contributed by atoms with E-state index >= 15 is 0 Å². The Morgan fingerprint density at radius 1 is 1.67 bits per heavy atom. The van der Waals surface area contributed by atoms with Gasteiger partial charge in [-0.05, 0) is 6.08 Å². The van der Waals surface area contributed by atoms with Gasteiger partial charge in [0.2, 0.25) is 0 Å². The Labute approximate surface area is 74.4 Å². The van der Waals surface area contributed by atoms with Gasteiger partial charge in [-0.25, -0.2) is 0 Å². The molecule has 1 aliphatic carbocycles. The van der Waals surface area contributed by atoms with E-state index in [9.17, 15) is 4.79 Å². The van der Waals surface area contributed by atoms with Gasteiger partial charge in [0.25, 0.3) is 0 Å². The minimum absolute atomic E-state index is 0.0696. The summed E-state index contributed by atoms with van der Waals surface area (Å²) in [7, 11) is 0. The highest BCUT2D eigenvalue weighted by atomic mass is 32.2. The van der Waals surface area contributed by atoms with Crippen LogP contribution in [0, 0.1) is 0 Å². The molecule has 2 atom stereocenters. The van der Waals surface area contributed by atoms with Gasteiger partial charge in [0.15, 0.2) is 6.29 Å². The van der Waals surface area contributed by atoms with Crippen molar-refractivity contribution in [2.24, 2.45) is 10.7 Å². The third-order valence-electron chi connectivity index (χ3n) is 1.86. The van der Waals surface area contributed by atoms with E-state index in [0.29, 0.717) is 5.04 Å². The second-order valence-electron chi connectivity index (χ2n) is 2.67. The number of hydrogen-bond acceptors (Lipinski definition) is 4. The quantitative estimate of drug-likeness (QED) is 0.597. The molecule has 3 nitrogen and oxygen atoms in total. The van der Waals surface area contributed by atoms with Gasteiger partial charge < -0.3 is 5.73 Å². The fourth-order valence-electron chi connectivity index (χ4n) is 1.29. The van der Waals surface area contributed by atoms with E-state index in [0.717, 1.165) is 12.0 Å². The number of nitrogens with two attached hydrogens (primary N) is 1. The summed E-state index contributed by atoms with van der Waals surface area (Å²) < 4.78 is 0. The molecule has 4 heteroatoms. The Bertz CT molecular complexity index is 306. The molecule has 0 saturated heterocycles. The van der Waals surface area contributed by atoms with E-state index < -0.39 is 0 Å². The maximum Gasteiger partial charge on any atom is 0.174 e. The van der Waals surface area contributed by atoms with Crippen LogP contribution in [0.2, 0.25) is 0 Å². The predicted molar refractivity (Wildman–Crippen MR) is 50.1 cm³/mol. The fourth-order valence-corrected chi connectivity index (χ4v) is 2.29. The van der Waals surface area contributed by atoms with Gasteiger partial charge >= 0.3 is 0 Å². The van der Waals surface area contributed by atoms with E-state index in [1.54, 1.807) is 0 Å². The van der Waals surface area contributed by atoms with Gasteiger partial charge in [-0.15, -0.1) is 0 Å². The smallest absolute Gasteiger partial charge is 0.174 e. The molecule has 0 bridgehead atoms. The highest BCUT2D eigenvalue weighted by Crippen LogP contribution is 2.32. The summed E-state index contributed by atoms with van der Waals surface area (Å²) in [6.45, 7) is 0. The summed E-state index contributed by atoms with van der Waals surface area (Å²) in [6, 6.07) is 0.0696. The van der Waals surface area contributed by atoms with E-state index in [1.807, 2.05) is 18.2 Å². The van der Waals surface area contributed by atoms with Crippen molar-refractivity contribution in [3.63, 3.8) is 0 Å². The highest BCUT2D eigenvalue weighted by Gasteiger charge is 2.31. The third kappa shape index (κ3) is 1.08. The number of fused-ring (bicyclic) bond motifs is 1. The van der Waals surface area contributed by atoms with Gasteiger partial charge in [0.1, 0.15) is 5.04 Å². The fraction of sp³-hybridized carbons (Fsp3) is 0.250. The van der Waals surface area contributed by atoms with E-state index in [1.165, 1.54) is 11.8 Å². The number of aldehydes is 1. The van der Waals surface area contributed by atoms with Crippen LogP contribution in [0.15, 0.2) is 28.9 Å². The largest absolute Gasteiger partial charge is 0.401 e. The van der Waals surface area contributed by atoms with Gasteiger partial charge in [0, 0.05) is 5.70 Å². The molecule has 2 rings (SSSR count). The van der Waals surface area contributed by atoms with Crippen LogP contribution in [0.5, 0.6) is 0 Å². The molecule has 2 aliphatic rings. The van der Waals surface area contributed by atoms with Gasteiger partial charge in [-0.3, -0.25) is 9.79 Å². The summed E-state index contributed by atoms with van der Waals surface area (Å²) in [5.41, 5.74) is 6.54. The van der Waals surface area contributed by atoms with Crippen LogP contribution in [0.1, 0.15) is 0 Å². The number of hydrogen-bond donors (Lipinski definition) is 1. The number of thioether (sulfide) groups is 1.